The number of nitrogens with one attached hydrogen (secondary N) is 1. The molecule has 8 heteroatoms. The van der Waals surface area contributed by atoms with E-state index in [0.29, 0.717) is 13.1 Å². The Bertz CT molecular complexity index is 458. The zero-order valence-electron chi connectivity index (χ0n) is 11.7. The van der Waals surface area contributed by atoms with E-state index in [1.54, 1.807) is 0 Å². The molecule has 0 spiro atoms. The first-order chi connectivity index (χ1) is 9.57. The van der Waals surface area contributed by atoms with E-state index in [-0.39, 0.29) is 17.5 Å². The molecule has 0 aliphatic heterocycles. The molecule has 1 rings (SSSR count). The maximum absolute atomic E-state index is 11.8. The molecule has 8 nitrogen and oxygen atoms in total. The average molecular weight is 283 g/mol. The second-order valence-electron chi connectivity index (χ2n) is 4.57. The molecule has 0 aromatic carbocycles. The highest BCUT2D eigenvalue weighted by Gasteiger charge is 2.21. The number of nitrogens with two attached hydrogens (primary N) is 1. The zero-order chi connectivity index (χ0) is 15.0. The standard InChI is InChI=1S/C12H21N5O3/c1-16-10(17(19)20)9-15-11(16)12(18)14-8-6-4-2-3-5-7-13/h9H,2-8,13H2,1H3,(H,14,18). The van der Waals surface area contributed by atoms with E-state index in [1.807, 2.05) is 0 Å². The Morgan fingerprint density at radius 3 is 2.65 bits per heavy atom. The summed E-state index contributed by atoms with van der Waals surface area (Å²) in [5.41, 5.74) is 5.40. The molecular formula is C12H21N5O3. The van der Waals surface area contributed by atoms with Gasteiger partial charge in [0.05, 0.1) is 7.05 Å². The third kappa shape index (κ3) is 4.61. The summed E-state index contributed by atoms with van der Waals surface area (Å²) in [6.45, 7) is 1.26. The van der Waals surface area contributed by atoms with Gasteiger partial charge in [-0.2, -0.15) is 0 Å². The van der Waals surface area contributed by atoms with Crippen molar-refractivity contribution < 1.29 is 9.72 Å². The van der Waals surface area contributed by atoms with Crippen LogP contribution < -0.4 is 11.1 Å². The highest BCUT2D eigenvalue weighted by molar-refractivity contribution is 5.91. The molecule has 3 N–H and O–H groups in total. The van der Waals surface area contributed by atoms with Gasteiger partial charge in [-0.05, 0) is 24.3 Å². The molecule has 0 radical (unpaired) electrons. The molecule has 0 fully saturated rings. The summed E-state index contributed by atoms with van der Waals surface area (Å²) in [4.78, 5) is 25.7. The predicted octanol–water partition coefficient (Wildman–Crippen LogP) is 0.967. The van der Waals surface area contributed by atoms with Crippen molar-refractivity contribution in [1.82, 2.24) is 14.9 Å². The number of carbonyl (C=O) groups is 1. The minimum Gasteiger partial charge on any atom is -0.358 e. The Kier molecular flexibility index (Phi) is 6.65. The smallest absolute Gasteiger partial charge is 0.343 e. The van der Waals surface area contributed by atoms with Crippen molar-refractivity contribution in [2.45, 2.75) is 32.1 Å². The summed E-state index contributed by atoms with van der Waals surface area (Å²) < 4.78 is 1.18. The number of unbranched alkanes of at least 4 members (excludes halogenated alkanes) is 4. The molecule has 112 valence electrons. The normalized spacial score (nSPS) is 10.5. The maximum atomic E-state index is 11.8. The second-order valence-corrected chi connectivity index (χ2v) is 4.57. The van der Waals surface area contributed by atoms with E-state index in [2.05, 4.69) is 10.3 Å². The maximum Gasteiger partial charge on any atom is 0.343 e. The molecule has 0 saturated carbocycles. The van der Waals surface area contributed by atoms with Gasteiger partial charge in [-0.3, -0.25) is 4.79 Å². The topological polar surface area (TPSA) is 116 Å². The highest BCUT2D eigenvalue weighted by atomic mass is 16.6. The van der Waals surface area contributed by atoms with E-state index in [1.165, 1.54) is 11.6 Å². The number of rotatable bonds is 9. The largest absolute Gasteiger partial charge is 0.358 e. The molecule has 0 atom stereocenters. The monoisotopic (exact) mass is 283 g/mol. The van der Waals surface area contributed by atoms with Gasteiger partial charge < -0.3 is 21.2 Å². The number of nitrogens with zero attached hydrogens (tertiary/aromatic N) is 3. The van der Waals surface area contributed by atoms with Crippen molar-refractivity contribution in [3.8, 4) is 0 Å². The third-order valence-corrected chi connectivity index (χ3v) is 3.02. The predicted molar refractivity (Wildman–Crippen MR) is 74.3 cm³/mol. The van der Waals surface area contributed by atoms with Gasteiger partial charge in [-0.1, -0.05) is 19.3 Å². The Morgan fingerprint density at radius 1 is 1.40 bits per heavy atom. The van der Waals surface area contributed by atoms with Gasteiger partial charge in [0.25, 0.3) is 5.82 Å². The lowest BCUT2D eigenvalue weighted by Gasteiger charge is -2.03. The zero-order valence-corrected chi connectivity index (χ0v) is 11.7. The van der Waals surface area contributed by atoms with E-state index in [4.69, 9.17) is 5.73 Å². The Labute approximate surface area is 117 Å². The summed E-state index contributed by atoms with van der Waals surface area (Å²) in [6, 6.07) is 0. The second kappa shape index (κ2) is 8.26. The first-order valence-corrected chi connectivity index (χ1v) is 6.72. The van der Waals surface area contributed by atoms with Crippen LogP contribution in [-0.4, -0.2) is 33.5 Å². The molecule has 1 heterocycles. The van der Waals surface area contributed by atoms with E-state index >= 15 is 0 Å². The molecule has 0 saturated heterocycles. The fraction of sp³-hybridized carbons (Fsp3) is 0.667. The molecule has 1 amide bonds. The lowest BCUT2D eigenvalue weighted by atomic mass is 10.1. The van der Waals surface area contributed by atoms with E-state index < -0.39 is 4.92 Å². The third-order valence-electron chi connectivity index (χ3n) is 3.02. The minimum absolute atomic E-state index is 0.0554. The molecular weight excluding hydrogens is 262 g/mol. The Hall–Kier alpha value is -1.96. The molecule has 0 aliphatic rings. The van der Waals surface area contributed by atoms with Crippen molar-refractivity contribution in [3.63, 3.8) is 0 Å². The number of aromatic nitrogens is 2. The molecule has 1 aromatic rings. The molecule has 0 unspecified atom stereocenters. The summed E-state index contributed by atoms with van der Waals surface area (Å²) in [7, 11) is 1.45. The fourth-order valence-corrected chi connectivity index (χ4v) is 1.86. The highest BCUT2D eigenvalue weighted by Crippen LogP contribution is 2.11. The van der Waals surface area contributed by atoms with Gasteiger partial charge in [0.2, 0.25) is 0 Å². The number of carbonyl (C=O) groups excluding carboxylic acids is 1. The van der Waals surface area contributed by atoms with Crippen molar-refractivity contribution >= 4 is 11.7 Å². The van der Waals surface area contributed by atoms with Gasteiger partial charge in [-0.15, -0.1) is 0 Å². The van der Waals surface area contributed by atoms with Crippen LogP contribution in [0.5, 0.6) is 0 Å². The van der Waals surface area contributed by atoms with Gasteiger partial charge in [-0.25, -0.2) is 9.55 Å². The van der Waals surface area contributed by atoms with Gasteiger partial charge in [0.1, 0.15) is 6.20 Å². The van der Waals surface area contributed by atoms with Gasteiger partial charge in [0, 0.05) is 6.54 Å². The van der Waals surface area contributed by atoms with Crippen LogP contribution in [-0.2, 0) is 7.05 Å². The van der Waals surface area contributed by atoms with Crippen LogP contribution >= 0.6 is 0 Å². The van der Waals surface area contributed by atoms with Crippen LogP contribution in [0.2, 0.25) is 0 Å². The van der Waals surface area contributed by atoms with Crippen LogP contribution in [0, 0.1) is 10.1 Å². The lowest BCUT2D eigenvalue weighted by molar-refractivity contribution is -0.391. The van der Waals surface area contributed by atoms with Crippen LogP contribution in [0.1, 0.15) is 42.7 Å². The van der Waals surface area contributed by atoms with Gasteiger partial charge in [0.15, 0.2) is 0 Å². The van der Waals surface area contributed by atoms with Crippen LogP contribution in [0.25, 0.3) is 0 Å². The lowest BCUT2D eigenvalue weighted by Crippen LogP contribution is -2.27. The molecule has 0 bridgehead atoms. The first kappa shape index (κ1) is 16.1. The quantitative estimate of drug-likeness (QED) is 0.398. The number of amides is 1. The number of imidazole rings is 1. The summed E-state index contributed by atoms with van der Waals surface area (Å²) in [5.74, 6) is -0.528. The van der Waals surface area contributed by atoms with Crippen LogP contribution in [0.3, 0.4) is 0 Å². The van der Waals surface area contributed by atoms with E-state index in [9.17, 15) is 14.9 Å². The van der Waals surface area contributed by atoms with Crippen molar-refractivity contribution in [2.24, 2.45) is 12.8 Å². The summed E-state index contributed by atoms with van der Waals surface area (Å²) in [5, 5.41) is 13.4. The Balaban J connectivity index is 2.31. The van der Waals surface area contributed by atoms with Crippen molar-refractivity contribution in [1.29, 1.82) is 0 Å². The number of nitro groups is 1. The molecule has 20 heavy (non-hydrogen) atoms. The van der Waals surface area contributed by atoms with E-state index in [0.717, 1.165) is 38.3 Å². The number of hydrogen-bond donors (Lipinski definition) is 2. The average Bonchev–Trinajstić information content (AvgIpc) is 2.79. The van der Waals surface area contributed by atoms with Crippen molar-refractivity contribution in [2.75, 3.05) is 13.1 Å². The van der Waals surface area contributed by atoms with Crippen LogP contribution in [0.15, 0.2) is 6.20 Å². The van der Waals surface area contributed by atoms with Crippen LogP contribution in [0.4, 0.5) is 5.82 Å². The summed E-state index contributed by atoms with van der Waals surface area (Å²) in [6.07, 6.45) is 6.23. The Morgan fingerprint density at radius 2 is 2.05 bits per heavy atom. The first-order valence-electron chi connectivity index (χ1n) is 6.72. The summed E-state index contributed by atoms with van der Waals surface area (Å²) >= 11 is 0. The fourth-order valence-electron chi connectivity index (χ4n) is 1.86. The molecule has 1 aromatic heterocycles. The van der Waals surface area contributed by atoms with Gasteiger partial charge >= 0.3 is 11.7 Å². The van der Waals surface area contributed by atoms with Crippen molar-refractivity contribution in [3.05, 3.63) is 22.1 Å². The number of hydrogen-bond acceptors (Lipinski definition) is 5. The minimum atomic E-state index is -0.568. The molecule has 0 aliphatic carbocycles. The SMILES string of the molecule is Cn1c([N+](=O)[O-])cnc1C(=O)NCCCCCCCN.